The summed E-state index contributed by atoms with van der Waals surface area (Å²) in [5, 5.41) is 5.19. The zero-order valence-corrected chi connectivity index (χ0v) is 15.6. The zero-order chi connectivity index (χ0) is 19.5. The zero-order valence-electron chi connectivity index (χ0n) is 15.6. The van der Waals surface area contributed by atoms with Crippen molar-refractivity contribution in [3.63, 3.8) is 0 Å². The minimum atomic E-state index is -0.291. The highest BCUT2D eigenvalue weighted by Gasteiger charge is 2.10. The molecule has 3 heterocycles. The largest absolute Gasteiger partial charge is 0.318 e. The van der Waals surface area contributed by atoms with E-state index < -0.39 is 0 Å². The molecule has 6 heteroatoms. The van der Waals surface area contributed by atoms with Gasteiger partial charge >= 0.3 is 0 Å². The molecule has 0 atom stereocenters. The quantitative estimate of drug-likeness (QED) is 0.439. The van der Waals surface area contributed by atoms with Gasteiger partial charge in [0, 0.05) is 46.6 Å². The van der Waals surface area contributed by atoms with Crippen LogP contribution in [0.5, 0.6) is 0 Å². The number of carbonyl (C=O) groups is 1. The van der Waals surface area contributed by atoms with Crippen LogP contribution in [0.1, 0.15) is 27.3 Å². The average Bonchev–Trinajstić information content (AvgIpc) is 3.01. The number of nitrogens with one attached hydrogen (secondary N) is 1. The van der Waals surface area contributed by atoms with Crippen molar-refractivity contribution in [3.05, 3.63) is 89.6 Å². The van der Waals surface area contributed by atoms with Crippen molar-refractivity contribution in [2.24, 2.45) is 5.10 Å². The van der Waals surface area contributed by atoms with Crippen LogP contribution in [-0.4, -0.2) is 26.7 Å². The summed E-state index contributed by atoms with van der Waals surface area (Å²) < 4.78 is 2.16. The van der Waals surface area contributed by atoms with Gasteiger partial charge in [-0.3, -0.25) is 14.8 Å². The van der Waals surface area contributed by atoms with Crippen LogP contribution in [0, 0.1) is 13.8 Å². The van der Waals surface area contributed by atoms with E-state index in [0.717, 1.165) is 33.5 Å². The van der Waals surface area contributed by atoms with Crippen LogP contribution in [0.15, 0.2) is 72.2 Å². The van der Waals surface area contributed by atoms with Crippen molar-refractivity contribution in [1.29, 1.82) is 0 Å². The number of hydrogen-bond acceptors (Lipinski definition) is 4. The Bertz CT molecular complexity index is 1180. The minimum absolute atomic E-state index is 0.291. The molecule has 0 fully saturated rings. The number of hydrazone groups is 1. The van der Waals surface area contributed by atoms with E-state index in [-0.39, 0.29) is 5.91 Å². The molecule has 1 amide bonds. The second kappa shape index (κ2) is 7.44. The number of benzene rings is 1. The summed E-state index contributed by atoms with van der Waals surface area (Å²) in [6.45, 7) is 4.08. The molecule has 138 valence electrons. The Morgan fingerprint density at radius 1 is 1.11 bits per heavy atom. The Morgan fingerprint density at radius 2 is 1.96 bits per heavy atom. The van der Waals surface area contributed by atoms with Crippen LogP contribution < -0.4 is 5.43 Å². The highest BCUT2D eigenvalue weighted by atomic mass is 16.2. The second-order valence-corrected chi connectivity index (χ2v) is 6.48. The lowest BCUT2D eigenvalue weighted by atomic mass is 10.2. The average molecular weight is 369 g/mol. The first-order chi connectivity index (χ1) is 13.6. The molecule has 0 aliphatic carbocycles. The van der Waals surface area contributed by atoms with Gasteiger partial charge in [0.2, 0.25) is 0 Å². The summed E-state index contributed by atoms with van der Waals surface area (Å²) in [5.74, 6) is -0.291. The van der Waals surface area contributed by atoms with Crippen LogP contribution in [0.25, 0.3) is 16.6 Å². The number of pyridine rings is 2. The lowest BCUT2D eigenvalue weighted by Gasteiger charge is -2.10. The third-order valence-electron chi connectivity index (χ3n) is 4.61. The number of aromatic nitrogens is 3. The summed E-state index contributed by atoms with van der Waals surface area (Å²) in [5.41, 5.74) is 8.10. The smallest absolute Gasteiger partial charge is 0.272 e. The number of nitrogens with zero attached hydrogens (tertiary/aromatic N) is 4. The molecule has 4 rings (SSSR count). The molecule has 0 saturated heterocycles. The molecule has 1 aromatic carbocycles. The highest BCUT2D eigenvalue weighted by molar-refractivity contribution is 5.94. The first-order valence-corrected chi connectivity index (χ1v) is 8.91. The Balaban J connectivity index is 1.59. The summed E-state index contributed by atoms with van der Waals surface area (Å²) in [6.07, 6.45) is 6.58. The lowest BCUT2D eigenvalue weighted by Crippen LogP contribution is -2.17. The van der Waals surface area contributed by atoms with E-state index >= 15 is 0 Å². The van der Waals surface area contributed by atoms with Crippen LogP contribution in [-0.2, 0) is 0 Å². The molecule has 1 N–H and O–H groups in total. The molecule has 4 aromatic rings. The molecule has 0 aliphatic heterocycles. The SMILES string of the molecule is Cc1cc(/C=N/NC(=O)c2cccnc2)c(C)n1-c1ccc2ncccc2c1. The van der Waals surface area contributed by atoms with Crippen molar-refractivity contribution in [3.8, 4) is 5.69 Å². The Hall–Kier alpha value is -3.80. The summed E-state index contributed by atoms with van der Waals surface area (Å²) >= 11 is 0. The Kier molecular flexibility index (Phi) is 4.68. The van der Waals surface area contributed by atoms with E-state index in [9.17, 15) is 4.79 Å². The van der Waals surface area contributed by atoms with Gasteiger partial charge in [0.25, 0.3) is 5.91 Å². The molecular formula is C22H19N5O. The number of rotatable bonds is 4. The van der Waals surface area contributed by atoms with E-state index in [0.29, 0.717) is 5.56 Å². The van der Waals surface area contributed by atoms with Gasteiger partial charge in [-0.1, -0.05) is 6.07 Å². The van der Waals surface area contributed by atoms with Gasteiger partial charge in [0.1, 0.15) is 0 Å². The lowest BCUT2D eigenvalue weighted by molar-refractivity contribution is 0.0955. The van der Waals surface area contributed by atoms with Crippen molar-refractivity contribution < 1.29 is 4.79 Å². The molecule has 0 spiro atoms. The molecule has 28 heavy (non-hydrogen) atoms. The molecule has 3 aromatic heterocycles. The van der Waals surface area contributed by atoms with E-state index in [2.05, 4.69) is 43.3 Å². The minimum Gasteiger partial charge on any atom is -0.318 e. The van der Waals surface area contributed by atoms with Gasteiger partial charge in [0.15, 0.2) is 0 Å². The molecule has 0 aliphatic rings. The topological polar surface area (TPSA) is 72.2 Å². The van der Waals surface area contributed by atoms with Gasteiger partial charge in [-0.2, -0.15) is 5.10 Å². The van der Waals surface area contributed by atoms with E-state index in [1.165, 1.54) is 6.20 Å². The standard InChI is InChI=1S/C22H19N5O/c1-15-11-19(14-25-26-22(28)18-6-3-9-23-13-18)16(2)27(15)20-7-8-21-17(12-20)5-4-10-24-21/h3-14H,1-2H3,(H,26,28)/b25-14+. The number of aryl methyl sites for hydroxylation is 1. The normalized spacial score (nSPS) is 11.2. The highest BCUT2D eigenvalue weighted by Crippen LogP contribution is 2.22. The van der Waals surface area contributed by atoms with Crippen LogP contribution in [0.3, 0.4) is 0 Å². The predicted octanol–water partition coefficient (Wildman–Crippen LogP) is 3.80. The van der Waals surface area contributed by atoms with E-state index in [4.69, 9.17) is 0 Å². The number of carbonyl (C=O) groups excluding carboxylic acids is 1. The van der Waals surface area contributed by atoms with Crippen LogP contribution in [0.4, 0.5) is 0 Å². The molecule has 6 nitrogen and oxygen atoms in total. The van der Waals surface area contributed by atoms with Crippen molar-refractivity contribution in [2.45, 2.75) is 13.8 Å². The Labute approximate surface area is 162 Å². The van der Waals surface area contributed by atoms with Crippen LogP contribution in [0.2, 0.25) is 0 Å². The summed E-state index contributed by atoms with van der Waals surface area (Å²) in [7, 11) is 0. The molecule has 0 radical (unpaired) electrons. The fourth-order valence-electron chi connectivity index (χ4n) is 3.24. The summed E-state index contributed by atoms with van der Waals surface area (Å²) in [4.78, 5) is 20.4. The first-order valence-electron chi connectivity index (χ1n) is 8.91. The van der Waals surface area contributed by atoms with Crippen molar-refractivity contribution in [1.82, 2.24) is 20.0 Å². The van der Waals surface area contributed by atoms with Crippen molar-refractivity contribution in [2.75, 3.05) is 0 Å². The maximum Gasteiger partial charge on any atom is 0.272 e. The molecule has 0 unspecified atom stereocenters. The van der Waals surface area contributed by atoms with Crippen LogP contribution >= 0.6 is 0 Å². The summed E-state index contributed by atoms with van der Waals surface area (Å²) in [6, 6.07) is 15.6. The number of amides is 1. The number of hydrogen-bond donors (Lipinski definition) is 1. The van der Waals surface area contributed by atoms with Gasteiger partial charge in [-0.15, -0.1) is 0 Å². The molecule has 0 bridgehead atoms. The Morgan fingerprint density at radius 3 is 2.79 bits per heavy atom. The van der Waals surface area contributed by atoms with Gasteiger partial charge < -0.3 is 4.57 Å². The molecular weight excluding hydrogens is 350 g/mol. The predicted molar refractivity (Wildman–Crippen MR) is 110 cm³/mol. The molecule has 0 saturated carbocycles. The third-order valence-corrected chi connectivity index (χ3v) is 4.61. The fraction of sp³-hybridized carbons (Fsp3) is 0.0909. The monoisotopic (exact) mass is 369 g/mol. The van der Waals surface area contributed by atoms with Gasteiger partial charge in [-0.25, -0.2) is 5.43 Å². The fourth-order valence-corrected chi connectivity index (χ4v) is 3.24. The van der Waals surface area contributed by atoms with Crippen molar-refractivity contribution >= 4 is 23.0 Å². The maximum absolute atomic E-state index is 12.1. The maximum atomic E-state index is 12.1. The van der Waals surface area contributed by atoms with E-state index in [1.807, 2.05) is 32.0 Å². The first kappa shape index (κ1) is 17.6. The third kappa shape index (κ3) is 3.40. The second-order valence-electron chi connectivity index (χ2n) is 6.48. The van der Waals surface area contributed by atoms with E-state index in [1.54, 1.807) is 30.7 Å². The van der Waals surface area contributed by atoms with Gasteiger partial charge in [-0.05, 0) is 56.3 Å². The van der Waals surface area contributed by atoms with Gasteiger partial charge in [0.05, 0.1) is 17.3 Å². The number of fused-ring (bicyclic) bond motifs is 1.